The molecule has 13 nitrogen and oxygen atoms in total. The number of ether oxygens (including phenoxy) is 2. The van der Waals surface area contributed by atoms with E-state index < -0.39 is 59.9 Å². The van der Waals surface area contributed by atoms with Crippen LogP contribution < -0.4 is 11.5 Å². The lowest BCUT2D eigenvalue weighted by molar-refractivity contribution is -0.298. The van der Waals surface area contributed by atoms with Gasteiger partial charge < -0.3 is 45.9 Å². The van der Waals surface area contributed by atoms with Crippen molar-refractivity contribution < 1.29 is 51.8 Å². The van der Waals surface area contributed by atoms with Crippen molar-refractivity contribution >= 4 is 16.3 Å². The summed E-state index contributed by atoms with van der Waals surface area (Å²) >= 11 is 0. The molecule has 0 aliphatic carbocycles. The quantitative estimate of drug-likeness (QED) is 0.0156. The predicted octanol–water partition coefficient (Wildman–Crippen LogP) is 7.64. The van der Waals surface area contributed by atoms with Crippen LogP contribution in [-0.2, 0) is 28.9 Å². The molecule has 1 heterocycles. The SMILES string of the molecule is CCCCCCCCCCCCC/C=C/[C@@H](O)[C@H](CO[C@@H]1OC(CO)[C@H](O)[C@H](OS(=O)(=O)[O-])C1O)NC(=O)CCCCCCCCCCCCCCCC.[NH4+]. The van der Waals surface area contributed by atoms with E-state index in [1.807, 2.05) is 6.08 Å². The van der Waals surface area contributed by atoms with Crippen molar-refractivity contribution in [1.82, 2.24) is 11.5 Å². The Morgan fingerprint density at radius 3 is 1.62 bits per heavy atom. The van der Waals surface area contributed by atoms with Crippen LogP contribution in [0.3, 0.4) is 0 Å². The second kappa shape index (κ2) is 34.8. The first-order chi connectivity index (χ1) is 26.0. The molecule has 0 aromatic rings. The molecule has 55 heavy (non-hydrogen) atoms. The van der Waals surface area contributed by atoms with Crippen LogP contribution in [0.2, 0.25) is 0 Å². The summed E-state index contributed by atoms with van der Waals surface area (Å²) in [5, 5.41) is 44.5. The van der Waals surface area contributed by atoms with Gasteiger partial charge in [0.25, 0.3) is 0 Å². The van der Waals surface area contributed by atoms with E-state index in [0.717, 1.165) is 38.5 Å². The minimum absolute atomic E-state index is 0. The van der Waals surface area contributed by atoms with Crippen molar-refractivity contribution in [3.05, 3.63) is 12.2 Å². The number of rotatable bonds is 36. The number of nitrogens with one attached hydrogen (secondary N) is 1. The van der Waals surface area contributed by atoms with E-state index in [1.165, 1.54) is 122 Å². The van der Waals surface area contributed by atoms with E-state index in [-0.39, 0.29) is 25.1 Å². The van der Waals surface area contributed by atoms with Gasteiger partial charge in [0.15, 0.2) is 6.29 Å². The maximum atomic E-state index is 13.0. The van der Waals surface area contributed by atoms with Gasteiger partial charge >= 0.3 is 0 Å². The Morgan fingerprint density at radius 1 is 0.745 bits per heavy atom. The molecule has 1 amide bonds. The largest absolute Gasteiger partial charge is 0.726 e. The molecule has 0 saturated carbocycles. The van der Waals surface area contributed by atoms with Gasteiger partial charge in [0.1, 0.15) is 24.4 Å². The average molecular weight is 811 g/mol. The van der Waals surface area contributed by atoms with Crippen molar-refractivity contribution in [2.24, 2.45) is 0 Å². The molecule has 1 fully saturated rings. The number of quaternary nitrogens is 1. The van der Waals surface area contributed by atoms with E-state index in [2.05, 4.69) is 23.3 Å². The third kappa shape index (κ3) is 28.0. The lowest BCUT2D eigenvalue weighted by atomic mass is 9.99. The van der Waals surface area contributed by atoms with Gasteiger partial charge in [-0.15, -0.1) is 0 Å². The molecular formula is C41H82N2O11S. The summed E-state index contributed by atoms with van der Waals surface area (Å²) in [5.41, 5.74) is 0. The normalized spacial score (nSPS) is 21.4. The number of aliphatic hydroxyl groups is 4. The third-order valence-electron chi connectivity index (χ3n) is 10.3. The molecule has 0 spiro atoms. The number of carbonyl (C=O) groups is 1. The maximum absolute atomic E-state index is 13.0. The van der Waals surface area contributed by atoms with Crippen LogP contribution >= 0.6 is 0 Å². The van der Waals surface area contributed by atoms with Crippen molar-refractivity contribution in [2.75, 3.05) is 13.2 Å². The fourth-order valence-electron chi connectivity index (χ4n) is 6.92. The minimum Gasteiger partial charge on any atom is -0.726 e. The van der Waals surface area contributed by atoms with Crippen molar-refractivity contribution in [3.63, 3.8) is 0 Å². The van der Waals surface area contributed by atoms with Crippen molar-refractivity contribution in [3.8, 4) is 0 Å². The van der Waals surface area contributed by atoms with Crippen LogP contribution in [0.5, 0.6) is 0 Å². The summed E-state index contributed by atoms with van der Waals surface area (Å²) in [5.74, 6) is -0.271. The zero-order valence-corrected chi connectivity index (χ0v) is 35.6. The molecule has 0 radical (unpaired) electrons. The molecule has 0 aromatic carbocycles. The Labute approximate surface area is 334 Å². The molecule has 0 aromatic heterocycles. The summed E-state index contributed by atoms with van der Waals surface area (Å²) < 4.78 is 49.2. The monoisotopic (exact) mass is 811 g/mol. The highest BCUT2D eigenvalue weighted by Gasteiger charge is 2.47. The Bertz CT molecular complexity index is 1040. The number of hydrogen-bond donors (Lipinski definition) is 6. The number of hydrogen-bond acceptors (Lipinski definition) is 11. The van der Waals surface area contributed by atoms with Gasteiger partial charge in [0.05, 0.1) is 25.4 Å². The van der Waals surface area contributed by atoms with Crippen molar-refractivity contribution in [2.45, 2.75) is 230 Å². The molecule has 1 aliphatic heterocycles. The summed E-state index contributed by atoms with van der Waals surface area (Å²) in [6.07, 6.45) is 25.0. The molecule has 14 heteroatoms. The second-order valence-corrected chi connectivity index (χ2v) is 16.3. The van der Waals surface area contributed by atoms with Gasteiger partial charge in [0.2, 0.25) is 16.3 Å². The first-order valence-corrected chi connectivity index (χ1v) is 22.9. The lowest BCUT2D eigenvalue weighted by Gasteiger charge is -2.42. The Morgan fingerprint density at radius 2 is 1.18 bits per heavy atom. The van der Waals surface area contributed by atoms with E-state index in [1.54, 1.807) is 6.08 Å². The molecule has 2 unspecified atom stereocenters. The zero-order chi connectivity index (χ0) is 39.9. The Kier molecular flexibility index (Phi) is 34.0. The maximum Gasteiger partial charge on any atom is 0.220 e. The van der Waals surface area contributed by atoms with Crippen LogP contribution in [0.25, 0.3) is 0 Å². The van der Waals surface area contributed by atoms with Crippen molar-refractivity contribution in [1.29, 1.82) is 0 Å². The zero-order valence-electron chi connectivity index (χ0n) is 34.8. The minimum atomic E-state index is -5.33. The van der Waals surface area contributed by atoms with Crippen LogP contribution in [0.1, 0.15) is 187 Å². The van der Waals surface area contributed by atoms with Gasteiger partial charge in [0, 0.05) is 6.42 Å². The first kappa shape index (κ1) is 53.8. The molecule has 1 aliphatic rings. The van der Waals surface area contributed by atoms with Crippen LogP contribution in [0.4, 0.5) is 0 Å². The van der Waals surface area contributed by atoms with Gasteiger partial charge in [-0.1, -0.05) is 174 Å². The highest BCUT2D eigenvalue weighted by Crippen LogP contribution is 2.26. The molecule has 0 bridgehead atoms. The molecule has 328 valence electrons. The highest BCUT2D eigenvalue weighted by molar-refractivity contribution is 7.80. The second-order valence-electron chi connectivity index (χ2n) is 15.3. The topological polar surface area (TPSA) is 231 Å². The van der Waals surface area contributed by atoms with Gasteiger partial charge in [-0.25, -0.2) is 8.42 Å². The Balaban J connectivity index is 0.0000292. The van der Waals surface area contributed by atoms with E-state index in [9.17, 15) is 38.2 Å². The fraction of sp³-hybridized carbons (Fsp3) is 0.927. The molecule has 7 atom stereocenters. The first-order valence-electron chi connectivity index (χ1n) is 21.6. The van der Waals surface area contributed by atoms with Crippen LogP contribution in [-0.4, -0.2) is 95.4 Å². The van der Waals surface area contributed by atoms with Crippen LogP contribution in [0.15, 0.2) is 12.2 Å². The molecule has 1 rings (SSSR count). The third-order valence-corrected chi connectivity index (χ3v) is 10.8. The summed E-state index contributed by atoms with van der Waals surface area (Å²) in [6, 6.07) is -0.949. The number of carbonyl (C=O) groups excluding carboxylic acids is 1. The van der Waals surface area contributed by atoms with Gasteiger partial charge in [-0.05, 0) is 19.3 Å². The standard InChI is InChI=1S/C41H79NO11S.H3N/c1-3-5-7-9-11-13-15-17-19-21-23-25-27-29-31-37(45)42-34(35(44)30-28-26-24-22-20-18-16-14-12-10-8-6-4-2)33-51-41-39(47)40(53-54(48,49)50)38(46)36(32-43)52-41;/h28,30,34-36,38-41,43-44,46-47H,3-27,29,31-33H2,1-2H3,(H,42,45)(H,48,49,50);1H3/b30-28+;/t34-,35+,36?,38-,39?,40-,41+;/m0./s1. The summed E-state index contributed by atoms with van der Waals surface area (Å²) in [7, 11) is -5.33. The number of allylic oxidation sites excluding steroid dienone is 1. The lowest BCUT2D eigenvalue weighted by Crippen LogP contribution is -2.61. The number of aliphatic hydroxyl groups excluding tert-OH is 4. The molecular weight excluding hydrogens is 729 g/mol. The smallest absolute Gasteiger partial charge is 0.220 e. The average Bonchev–Trinajstić information content (AvgIpc) is 3.14. The van der Waals surface area contributed by atoms with E-state index in [4.69, 9.17) is 9.47 Å². The van der Waals surface area contributed by atoms with Gasteiger partial charge in [-0.3, -0.25) is 8.98 Å². The summed E-state index contributed by atoms with van der Waals surface area (Å²) in [6.45, 7) is 3.33. The van der Waals surface area contributed by atoms with Crippen LogP contribution in [0, 0.1) is 0 Å². The van der Waals surface area contributed by atoms with E-state index in [0.29, 0.717) is 6.42 Å². The van der Waals surface area contributed by atoms with E-state index >= 15 is 0 Å². The highest BCUT2D eigenvalue weighted by atomic mass is 32.3. The molecule has 1 saturated heterocycles. The number of unbranched alkanes of at least 4 members (excludes halogenated alkanes) is 24. The number of amides is 1. The molecule has 9 N–H and O–H groups in total. The van der Waals surface area contributed by atoms with Gasteiger partial charge in [-0.2, -0.15) is 0 Å². The Hall–Kier alpha value is -1.20. The fourth-order valence-corrected chi connectivity index (χ4v) is 7.42. The predicted molar refractivity (Wildman–Crippen MR) is 217 cm³/mol. The summed E-state index contributed by atoms with van der Waals surface area (Å²) in [4.78, 5) is 13.0.